The number of nitrogens with one attached hydrogen (secondary N) is 3. The van der Waals surface area contributed by atoms with Gasteiger partial charge in [-0.3, -0.25) is 10.2 Å². The third kappa shape index (κ3) is 3.11. The van der Waals surface area contributed by atoms with Gasteiger partial charge >= 0.3 is 0 Å². The van der Waals surface area contributed by atoms with Gasteiger partial charge in [0.05, 0.1) is 10.5 Å². The number of hydrogen-bond acceptors (Lipinski definition) is 3. The summed E-state index contributed by atoms with van der Waals surface area (Å²) >= 11 is 0. The summed E-state index contributed by atoms with van der Waals surface area (Å²) in [6, 6.07) is 9.27. The molecule has 0 aliphatic rings. The number of aromatic nitrogens is 1. The third-order valence-corrected chi connectivity index (χ3v) is 6.22. The van der Waals surface area contributed by atoms with E-state index in [4.69, 9.17) is 0 Å². The van der Waals surface area contributed by atoms with Crippen molar-refractivity contribution in [2.75, 3.05) is 0 Å². The molecule has 0 saturated carbocycles. The van der Waals surface area contributed by atoms with Crippen LogP contribution in [0, 0.1) is 27.7 Å². The van der Waals surface area contributed by atoms with Crippen LogP contribution < -0.4 is 10.3 Å². The fourth-order valence-electron chi connectivity index (χ4n) is 3.08. The first kappa shape index (κ1) is 18.2. The first-order chi connectivity index (χ1) is 12.2. The molecule has 136 valence electrons. The van der Waals surface area contributed by atoms with E-state index >= 15 is 0 Å². The smallest absolute Gasteiger partial charge is 0.268 e. The van der Waals surface area contributed by atoms with Crippen LogP contribution in [0.1, 0.15) is 32.6 Å². The van der Waals surface area contributed by atoms with Crippen molar-refractivity contribution in [3.05, 3.63) is 64.3 Å². The predicted molar refractivity (Wildman–Crippen MR) is 101 cm³/mol. The van der Waals surface area contributed by atoms with Crippen LogP contribution in [0.2, 0.25) is 0 Å². The first-order valence-electron chi connectivity index (χ1n) is 8.18. The van der Waals surface area contributed by atoms with Crippen molar-refractivity contribution in [1.82, 2.24) is 15.2 Å². The summed E-state index contributed by atoms with van der Waals surface area (Å²) in [4.78, 5) is 17.9. The molecule has 0 atom stereocenters. The highest BCUT2D eigenvalue weighted by Crippen LogP contribution is 2.25. The van der Waals surface area contributed by atoms with Crippen molar-refractivity contribution >= 4 is 26.8 Å². The maximum Gasteiger partial charge on any atom is 0.268 e. The number of benzene rings is 2. The first-order valence-corrected chi connectivity index (χ1v) is 9.66. The summed E-state index contributed by atoms with van der Waals surface area (Å²) in [6.45, 7) is 7.26. The number of carbonyl (C=O) groups excluding carboxylic acids is 1. The second-order valence-corrected chi connectivity index (χ2v) is 8.02. The fraction of sp³-hybridized carbons (Fsp3) is 0.211. The van der Waals surface area contributed by atoms with Crippen LogP contribution in [0.4, 0.5) is 0 Å². The monoisotopic (exact) mass is 371 g/mol. The van der Waals surface area contributed by atoms with Crippen molar-refractivity contribution in [1.29, 1.82) is 0 Å². The maximum absolute atomic E-state index is 12.8. The zero-order valence-electron chi connectivity index (χ0n) is 15.1. The minimum atomic E-state index is -3.90. The predicted octanol–water partition coefficient (Wildman–Crippen LogP) is 3.02. The number of sulfonamides is 1. The summed E-state index contributed by atoms with van der Waals surface area (Å²) in [6.07, 6.45) is 1.56. The van der Waals surface area contributed by atoms with Crippen molar-refractivity contribution in [2.45, 2.75) is 32.6 Å². The average molecular weight is 371 g/mol. The van der Waals surface area contributed by atoms with Gasteiger partial charge < -0.3 is 4.98 Å². The van der Waals surface area contributed by atoms with Crippen molar-refractivity contribution < 1.29 is 13.2 Å². The minimum Gasteiger partial charge on any atom is -0.360 e. The van der Waals surface area contributed by atoms with E-state index in [1.807, 2.05) is 38.1 Å². The van der Waals surface area contributed by atoms with Gasteiger partial charge in [-0.1, -0.05) is 24.3 Å². The summed E-state index contributed by atoms with van der Waals surface area (Å²) in [7, 11) is -3.90. The lowest BCUT2D eigenvalue weighted by Gasteiger charge is -2.16. The molecule has 26 heavy (non-hydrogen) atoms. The number of hydrazine groups is 1. The number of para-hydroxylation sites is 1. The molecule has 0 aliphatic heterocycles. The second-order valence-electron chi connectivity index (χ2n) is 6.40. The lowest BCUT2D eigenvalue weighted by atomic mass is 10.0. The Morgan fingerprint density at radius 3 is 2.27 bits per heavy atom. The fourth-order valence-corrected chi connectivity index (χ4v) is 4.53. The van der Waals surface area contributed by atoms with Crippen LogP contribution in [0.5, 0.6) is 0 Å². The Kier molecular flexibility index (Phi) is 4.60. The molecule has 0 spiro atoms. The molecule has 1 heterocycles. The lowest BCUT2D eigenvalue weighted by molar-refractivity contribution is 0.0947. The van der Waals surface area contributed by atoms with Gasteiger partial charge in [-0.15, -0.1) is 4.83 Å². The topological polar surface area (TPSA) is 91.1 Å². The Hall–Kier alpha value is -2.64. The Labute approximate surface area is 152 Å². The highest BCUT2D eigenvalue weighted by atomic mass is 32.2. The second kappa shape index (κ2) is 6.59. The molecule has 6 nitrogen and oxygen atoms in total. The van der Waals surface area contributed by atoms with Crippen molar-refractivity contribution in [3.63, 3.8) is 0 Å². The molecular weight excluding hydrogens is 350 g/mol. The number of amides is 1. The van der Waals surface area contributed by atoms with Gasteiger partial charge in [-0.2, -0.15) is 0 Å². The molecule has 1 amide bonds. The van der Waals surface area contributed by atoms with E-state index in [0.29, 0.717) is 16.7 Å². The summed E-state index contributed by atoms with van der Waals surface area (Å²) in [5.41, 5.74) is 6.60. The van der Waals surface area contributed by atoms with Crippen LogP contribution >= 0.6 is 0 Å². The van der Waals surface area contributed by atoms with Crippen LogP contribution in [0.3, 0.4) is 0 Å². The van der Waals surface area contributed by atoms with Gasteiger partial charge in [-0.05, 0) is 56.0 Å². The summed E-state index contributed by atoms with van der Waals surface area (Å²) in [5, 5.41) is 0.725. The summed E-state index contributed by atoms with van der Waals surface area (Å²) < 4.78 is 25.6. The molecular formula is C19H21N3O3S. The Morgan fingerprint density at radius 2 is 1.62 bits per heavy atom. The van der Waals surface area contributed by atoms with Gasteiger partial charge in [0.15, 0.2) is 0 Å². The molecule has 0 unspecified atom stereocenters. The molecule has 3 N–H and O–H groups in total. The minimum absolute atomic E-state index is 0.203. The quantitative estimate of drug-likeness (QED) is 0.616. The van der Waals surface area contributed by atoms with E-state index in [1.165, 1.54) is 0 Å². The number of fused-ring (bicyclic) bond motifs is 1. The zero-order valence-corrected chi connectivity index (χ0v) is 15.9. The molecule has 0 fully saturated rings. The lowest BCUT2D eigenvalue weighted by Crippen LogP contribution is -2.42. The molecule has 3 rings (SSSR count). The van der Waals surface area contributed by atoms with E-state index in [2.05, 4.69) is 15.2 Å². The Bertz CT molecular complexity index is 1090. The Balaban J connectivity index is 1.89. The van der Waals surface area contributed by atoms with Crippen LogP contribution in [0.15, 0.2) is 41.4 Å². The van der Waals surface area contributed by atoms with Crippen molar-refractivity contribution in [3.8, 4) is 0 Å². The molecule has 7 heteroatoms. The van der Waals surface area contributed by atoms with Crippen molar-refractivity contribution in [2.24, 2.45) is 0 Å². The molecule has 1 aromatic heterocycles. The third-order valence-electron chi connectivity index (χ3n) is 4.70. The van der Waals surface area contributed by atoms with Gasteiger partial charge in [-0.25, -0.2) is 8.42 Å². The normalized spacial score (nSPS) is 11.7. The number of aromatic amines is 1. The van der Waals surface area contributed by atoms with E-state index < -0.39 is 15.9 Å². The molecule has 0 aliphatic carbocycles. The SMILES string of the molecule is Cc1cc(C)c(C)c(S(=O)(=O)NNC(=O)c2c[nH]c3ccccc23)c1C. The zero-order chi connectivity index (χ0) is 19.1. The number of aryl methyl sites for hydroxylation is 2. The average Bonchev–Trinajstić information content (AvgIpc) is 3.02. The standard InChI is InChI=1S/C19H21N3O3S/c1-11-9-12(2)14(4)18(13(11)3)26(24,25)22-21-19(23)16-10-20-17-8-6-5-7-15(16)17/h5-10,20,22H,1-4H3,(H,21,23). The molecule has 0 radical (unpaired) electrons. The maximum atomic E-state index is 12.8. The molecule has 0 saturated heterocycles. The number of hydrogen-bond donors (Lipinski definition) is 3. The highest BCUT2D eigenvalue weighted by molar-refractivity contribution is 7.89. The molecule has 3 aromatic rings. The molecule has 0 bridgehead atoms. The largest absolute Gasteiger partial charge is 0.360 e. The van der Waals surface area contributed by atoms with E-state index in [1.54, 1.807) is 26.1 Å². The number of carbonyl (C=O) groups is 1. The number of rotatable bonds is 4. The van der Waals surface area contributed by atoms with Gasteiger partial charge in [0.25, 0.3) is 15.9 Å². The Morgan fingerprint density at radius 1 is 1.00 bits per heavy atom. The molecule has 2 aromatic carbocycles. The van der Waals surface area contributed by atoms with Gasteiger partial charge in [0.1, 0.15) is 0 Å². The van der Waals surface area contributed by atoms with Gasteiger partial charge in [0, 0.05) is 17.1 Å². The van der Waals surface area contributed by atoms with E-state index in [9.17, 15) is 13.2 Å². The highest BCUT2D eigenvalue weighted by Gasteiger charge is 2.23. The van der Waals surface area contributed by atoms with E-state index in [0.717, 1.165) is 22.0 Å². The summed E-state index contributed by atoms with van der Waals surface area (Å²) in [5.74, 6) is -0.522. The van der Waals surface area contributed by atoms with E-state index in [-0.39, 0.29) is 4.90 Å². The van der Waals surface area contributed by atoms with Gasteiger partial charge in [0.2, 0.25) is 0 Å². The number of H-pyrrole nitrogens is 1. The van der Waals surface area contributed by atoms with Crippen LogP contribution in [-0.2, 0) is 10.0 Å². The van der Waals surface area contributed by atoms with Crippen LogP contribution in [0.25, 0.3) is 10.9 Å². The van der Waals surface area contributed by atoms with Crippen LogP contribution in [-0.4, -0.2) is 19.3 Å².